The summed E-state index contributed by atoms with van der Waals surface area (Å²) in [5.41, 5.74) is 1.23. The van der Waals surface area contributed by atoms with E-state index in [1.54, 1.807) is 19.0 Å². The van der Waals surface area contributed by atoms with E-state index in [2.05, 4.69) is 24.3 Å². The van der Waals surface area contributed by atoms with E-state index in [1.165, 1.54) is 5.56 Å². The molecule has 0 radical (unpaired) electrons. The van der Waals surface area contributed by atoms with Gasteiger partial charge in [-0.25, -0.2) is 0 Å². The second kappa shape index (κ2) is 12.9. The number of aliphatic hydroxyl groups is 3. The number of hydrogen-bond acceptors (Lipinski definition) is 4. The number of aliphatic hydroxyl groups excluding tert-OH is 3. The van der Waals surface area contributed by atoms with E-state index in [-0.39, 0.29) is 23.8 Å². The first-order valence-corrected chi connectivity index (χ1v) is 11.3. The molecule has 0 spiro atoms. The third-order valence-electron chi connectivity index (χ3n) is 6.30. The summed E-state index contributed by atoms with van der Waals surface area (Å²) in [5, 5.41) is 31.2. The molecule has 0 heterocycles. The topological polar surface area (TPSA) is 81.0 Å². The van der Waals surface area contributed by atoms with Crippen LogP contribution in [0.3, 0.4) is 0 Å². The van der Waals surface area contributed by atoms with Crippen LogP contribution in [0, 0.1) is 11.8 Å². The van der Waals surface area contributed by atoms with Gasteiger partial charge in [0.05, 0.1) is 18.3 Å². The van der Waals surface area contributed by atoms with E-state index < -0.39 is 12.2 Å². The molecular weight excluding hydrogens is 378 g/mol. The molecule has 5 atom stereocenters. The molecule has 5 unspecified atom stereocenters. The number of rotatable bonds is 12. The summed E-state index contributed by atoms with van der Waals surface area (Å²) in [4.78, 5) is 13.2. The Morgan fingerprint density at radius 2 is 1.80 bits per heavy atom. The van der Waals surface area contributed by atoms with Crippen LogP contribution in [0.4, 0.5) is 0 Å². The lowest BCUT2D eigenvalue weighted by Crippen LogP contribution is -2.23. The van der Waals surface area contributed by atoms with Crippen molar-refractivity contribution in [3.05, 3.63) is 48.0 Å². The van der Waals surface area contributed by atoms with E-state index in [9.17, 15) is 20.1 Å². The van der Waals surface area contributed by atoms with E-state index in [4.69, 9.17) is 0 Å². The average Bonchev–Trinajstić information content (AvgIpc) is 3.00. The highest BCUT2D eigenvalue weighted by Gasteiger charge is 2.40. The molecule has 5 nitrogen and oxygen atoms in total. The number of carbonyl (C=O) groups is 1. The minimum Gasteiger partial charge on any atom is -0.393 e. The zero-order chi connectivity index (χ0) is 21.9. The fourth-order valence-electron chi connectivity index (χ4n) is 4.38. The van der Waals surface area contributed by atoms with Crippen LogP contribution in [-0.4, -0.2) is 58.5 Å². The first-order valence-electron chi connectivity index (χ1n) is 11.3. The fraction of sp³-hybridized carbons (Fsp3) is 0.640. The van der Waals surface area contributed by atoms with Crippen LogP contribution in [0.15, 0.2) is 42.5 Å². The van der Waals surface area contributed by atoms with Crippen molar-refractivity contribution in [2.75, 3.05) is 14.1 Å². The van der Waals surface area contributed by atoms with Gasteiger partial charge in [0.2, 0.25) is 5.91 Å². The molecule has 1 fully saturated rings. The smallest absolute Gasteiger partial charge is 0.222 e. The van der Waals surface area contributed by atoms with Gasteiger partial charge in [-0.15, -0.1) is 0 Å². The van der Waals surface area contributed by atoms with Gasteiger partial charge in [-0.1, -0.05) is 42.5 Å². The maximum absolute atomic E-state index is 11.6. The first kappa shape index (κ1) is 24.6. The van der Waals surface area contributed by atoms with Crippen molar-refractivity contribution >= 4 is 5.91 Å². The van der Waals surface area contributed by atoms with Gasteiger partial charge in [0, 0.05) is 20.5 Å². The summed E-state index contributed by atoms with van der Waals surface area (Å²) in [6.07, 6.45) is 9.05. The molecule has 2 rings (SSSR count). The Hall–Kier alpha value is -1.69. The molecular formula is C25H39NO4. The summed E-state index contributed by atoms with van der Waals surface area (Å²) in [6.45, 7) is 0. The van der Waals surface area contributed by atoms with E-state index in [1.807, 2.05) is 18.2 Å². The second-order valence-electron chi connectivity index (χ2n) is 8.84. The number of allylic oxidation sites excluding steroid dienone is 2. The van der Waals surface area contributed by atoms with Gasteiger partial charge in [-0.2, -0.15) is 0 Å². The van der Waals surface area contributed by atoms with Gasteiger partial charge in [0.15, 0.2) is 0 Å². The van der Waals surface area contributed by atoms with Crippen molar-refractivity contribution in [2.24, 2.45) is 11.8 Å². The molecule has 30 heavy (non-hydrogen) atoms. The summed E-state index contributed by atoms with van der Waals surface area (Å²) >= 11 is 0. The minimum atomic E-state index is -0.502. The van der Waals surface area contributed by atoms with Gasteiger partial charge in [0.1, 0.15) is 0 Å². The van der Waals surface area contributed by atoms with Crippen LogP contribution in [-0.2, 0) is 11.2 Å². The second-order valence-corrected chi connectivity index (χ2v) is 8.84. The van der Waals surface area contributed by atoms with E-state index in [0.29, 0.717) is 25.7 Å². The van der Waals surface area contributed by atoms with Crippen LogP contribution in [0.1, 0.15) is 56.9 Å². The van der Waals surface area contributed by atoms with Gasteiger partial charge < -0.3 is 20.2 Å². The predicted octanol–water partition coefficient (Wildman–Crippen LogP) is 3.32. The van der Waals surface area contributed by atoms with Crippen LogP contribution in [0.25, 0.3) is 0 Å². The van der Waals surface area contributed by atoms with Crippen LogP contribution >= 0.6 is 0 Å². The molecule has 3 N–H and O–H groups in total. The summed E-state index contributed by atoms with van der Waals surface area (Å²) in [7, 11) is 3.54. The maximum atomic E-state index is 11.6. The molecule has 0 aliphatic heterocycles. The van der Waals surface area contributed by atoms with Crippen molar-refractivity contribution in [1.29, 1.82) is 0 Å². The Bertz CT molecular complexity index is 646. The van der Waals surface area contributed by atoms with E-state index in [0.717, 1.165) is 32.1 Å². The van der Waals surface area contributed by atoms with Crippen molar-refractivity contribution in [2.45, 2.75) is 76.1 Å². The molecule has 1 saturated carbocycles. The Balaban J connectivity index is 1.72. The molecule has 168 valence electrons. The van der Waals surface area contributed by atoms with Crippen molar-refractivity contribution < 1.29 is 20.1 Å². The first-order chi connectivity index (χ1) is 14.4. The number of unbranched alkanes of at least 4 members (excludes halogenated alkanes) is 1. The zero-order valence-electron chi connectivity index (χ0n) is 18.5. The fourth-order valence-corrected chi connectivity index (χ4v) is 4.38. The SMILES string of the molecule is CN(C)C(=O)CCCC=CCC1C(O)CC(O)C1CCC(O)CCc1ccccc1. The Kier molecular flexibility index (Phi) is 10.6. The van der Waals surface area contributed by atoms with E-state index >= 15 is 0 Å². The summed E-state index contributed by atoms with van der Waals surface area (Å²) in [5.74, 6) is 0.191. The quantitative estimate of drug-likeness (QED) is 0.360. The third-order valence-corrected chi connectivity index (χ3v) is 6.30. The molecule has 1 aliphatic carbocycles. The average molecular weight is 418 g/mol. The van der Waals surface area contributed by atoms with Crippen molar-refractivity contribution in [3.63, 3.8) is 0 Å². The van der Waals surface area contributed by atoms with Gasteiger partial charge in [-0.05, 0) is 68.8 Å². The van der Waals surface area contributed by atoms with Crippen molar-refractivity contribution in [1.82, 2.24) is 4.90 Å². The Labute approximate surface area is 181 Å². The number of nitrogens with zero attached hydrogens (tertiary/aromatic N) is 1. The monoisotopic (exact) mass is 417 g/mol. The molecule has 1 aromatic carbocycles. The largest absolute Gasteiger partial charge is 0.393 e. The number of carbonyl (C=O) groups excluding carboxylic acids is 1. The van der Waals surface area contributed by atoms with Gasteiger partial charge in [0.25, 0.3) is 0 Å². The van der Waals surface area contributed by atoms with Crippen molar-refractivity contribution in [3.8, 4) is 0 Å². The summed E-state index contributed by atoms with van der Waals surface area (Å²) in [6, 6.07) is 10.2. The van der Waals surface area contributed by atoms with Crippen LogP contribution in [0.5, 0.6) is 0 Å². The number of amides is 1. The van der Waals surface area contributed by atoms with Gasteiger partial charge in [-0.3, -0.25) is 4.79 Å². The molecule has 5 heteroatoms. The normalized spacial score (nSPS) is 25.0. The number of hydrogen-bond donors (Lipinski definition) is 3. The number of benzene rings is 1. The number of aryl methyl sites for hydroxylation is 1. The van der Waals surface area contributed by atoms with Crippen LogP contribution in [0.2, 0.25) is 0 Å². The van der Waals surface area contributed by atoms with Gasteiger partial charge >= 0.3 is 0 Å². The zero-order valence-corrected chi connectivity index (χ0v) is 18.5. The Morgan fingerprint density at radius 3 is 2.50 bits per heavy atom. The molecule has 0 saturated heterocycles. The lowest BCUT2D eigenvalue weighted by Gasteiger charge is -2.23. The minimum absolute atomic E-state index is 0.0198. The maximum Gasteiger partial charge on any atom is 0.222 e. The molecule has 0 aromatic heterocycles. The third kappa shape index (κ3) is 8.21. The summed E-state index contributed by atoms with van der Waals surface area (Å²) < 4.78 is 0. The Morgan fingerprint density at radius 1 is 1.10 bits per heavy atom. The lowest BCUT2D eigenvalue weighted by atomic mass is 9.85. The van der Waals surface area contributed by atoms with Crippen LogP contribution < -0.4 is 0 Å². The molecule has 0 bridgehead atoms. The molecule has 1 aliphatic rings. The highest BCUT2D eigenvalue weighted by molar-refractivity contribution is 5.75. The highest BCUT2D eigenvalue weighted by Crippen LogP contribution is 2.38. The molecule has 1 aromatic rings. The lowest BCUT2D eigenvalue weighted by molar-refractivity contribution is -0.128. The molecule has 1 amide bonds. The highest BCUT2D eigenvalue weighted by atomic mass is 16.3. The predicted molar refractivity (Wildman–Crippen MR) is 120 cm³/mol. The standard InChI is InChI=1S/C25H39NO4/c1-26(2)25(30)13-9-4-3-8-12-21-22(24(29)18-23(21)28)17-16-20(27)15-14-19-10-6-5-7-11-19/h3,5-8,10-11,20-24,27-29H,4,9,12-18H2,1-2H3.